The van der Waals surface area contributed by atoms with Gasteiger partial charge in [-0.2, -0.15) is 13.2 Å². The summed E-state index contributed by atoms with van der Waals surface area (Å²) in [4.78, 5) is 2.08. The standard InChI is InChI=1S/C15H22F3NO/c1-5-19(6-2)14(3,4)13(20)11-7-9-12(10-8-11)15(16,17)18/h7-10,13,20H,5-6H2,1-4H3. The predicted molar refractivity (Wildman–Crippen MR) is 73.4 cm³/mol. The van der Waals surface area contributed by atoms with Crippen LogP contribution < -0.4 is 0 Å². The van der Waals surface area contributed by atoms with Gasteiger partial charge in [0, 0.05) is 5.54 Å². The van der Waals surface area contributed by atoms with Gasteiger partial charge in [-0.1, -0.05) is 26.0 Å². The number of likely N-dealkylation sites (N-methyl/N-ethyl adjacent to an activating group) is 1. The Bertz CT molecular complexity index is 422. The van der Waals surface area contributed by atoms with Crippen molar-refractivity contribution in [2.75, 3.05) is 13.1 Å². The van der Waals surface area contributed by atoms with Crippen LogP contribution >= 0.6 is 0 Å². The third-order valence-corrected chi connectivity index (χ3v) is 3.80. The number of hydrogen-bond acceptors (Lipinski definition) is 2. The van der Waals surface area contributed by atoms with E-state index in [4.69, 9.17) is 0 Å². The van der Waals surface area contributed by atoms with E-state index in [-0.39, 0.29) is 0 Å². The van der Waals surface area contributed by atoms with Crippen molar-refractivity contribution in [2.45, 2.75) is 45.5 Å². The number of hydrogen-bond donors (Lipinski definition) is 1. The monoisotopic (exact) mass is 289 g/mol. The van der Waals surface area contributed by atoms with Crippen molar-refractivity contribution in [3.8, 4) is 0 Å². The van der Waals surface area contributed by atoms with Gasteiger partial charge in [-0.05, 0) is 44.6 Å². The molecule has 0 spiro atoms. The Morgan fingerprint density at radius 2 is 1.50 bits per heavy atom. The molecule has 5 heteroatoms. The van der Waals surface area contributed by atoms with Gasteiger partial charge < -0.3 is 5.11 Å². The normalized spacial score (nSPS) is 14.7. The fourth-order valence-corrected chi connectivity index (χ4v) is 2.47. The SMILES string of the molecule is CCN(CC)C(C)(C)C(O)c1ccc(C(F)(F)F)cc1. The molecule has 0 fully saturated rings. The van der Waals surface area contributed by atoms with Gasteiger partial charge in [0.2, 0.25) is 0 Å². The Balaban J connectivity index is 3.00. The molecule has 0 bridgehead atoms. The van der Waals surface area contributed by atoms with E-state index in [1.54, 1.807) is 0 Å². The molecule has 0 heterocycles. The quantitative estimate of drug-likeness (QED) is 0.889. The maximum atomic E-state index is 12.5. The first-order chi connectivity index (χ1) is 9.14. The van der Waals surface area contributed by atoms with E-state index >= 15 is 0 Å². The molecule has 0 saturated carbocycles. The fourth-order valence-electron chi connectivity index (χ4n) is 2.47. The van der Waals surface area contributed by atoms with Gasteiger partial charge in [0.15, 0.2) is 0 Å². The fraction of sp³-hybridized carbons (Fsp3) is 0.600. The van der Waals surface area contributed by atoms with Crippen LogP contribution in [0.3, 0.4) is 0 Å². The lowest BCUT2D eigenvalue weighted by Gasteiger charge is -2.41. The molecule has 2 nitrogen and oxygen atoms in total. The molecule has 1 aromatic rings. The Hall–Kier alpha value is -1.07. The van der Waals surface area contributed by atoms with Crippen molar-refractivity contribution in [3.63, 3.8) is 0 Å². The minimum atomic E-state index is -4.35. The van der Waals surface area contributed by atoms with Crippen LogP contribution in [0.1, 0.15) is 44.9 Å². The number of rotatable bonds is 5. The van der Waals surface area contributed by atoms with Gasteiger partial charge in [-0.15, -0.1) is 0 Å². The highest BCUT2D eigenvalue weighted by Gasteiger charge is 2.35. The molecular weight excluding hydrogens is 267 g/mol. The third-order valence-electron chi connectivity index (χ3n) is 3.80. The van der Waals surface area contributed by atoms with Crippen LogP contribution in [-0.4, -0.2) is 28.6 Å². The van der Waals surface area contributed by atoms with E-state index < -0.39 is 23.4 Å². The number of aliphatic hydroxyl groups excluding tert-OH is 1. The summed E-state index contributed by atoms with van der Waals surface area (Å²) in [7, 11) is 0. The summed E-state index contributed by atoms with van der Waals surface area (Å²) in [5.74, 6) is 0. The summed E-state index contributed by atoms with van der Waals surface area (Å²) < 4.78 is 37.6. The second-order valence-electron chi connectivity index (χ2n) is 5.35. The van der Waals surface area contributed by atoms with Crippen molar-refractivity contribution in [2.24, 2.45) is 0 Å². The summed E-state index contributed by atoms with van der Waals surface area (Å²) in [5.41, 5.74) is -0.743. The highest BCUT2D eigenvalue weighted by atomic mass is 19.4. The van der Waals surface area contributed by atoms with Crippen LogP contribution in [-0.2, 0) is 6.18 Å². The van der Waals surface area contributed by atoms with E-state index in [9.17, 15) is 18.3 Å². The van der Waals surface area contributed by atoms with E-state index in [0.717, 1.165) is 25.2 Å². The van der Waals surface area contributed by atoms with Gasteiger partial charge in [0.1, 0.15) is 0 Å². The molecule has 0 radical (unpaired) electrons. The van der Waals surface area contributed by atoms with Gasteiger partial charge in [0.05, 0.1) is 11.7 Å². The molecule has 1 rings (SSSR count). The molecule has 1 aromatic carbocycles. The average Bonchev–Trinajstić information content (AvgIpc) is 2.38. The number of alkyl halides is 3. The molecule has 114 valence electrons. The Labute approximate surface area is 118 Å². The Morgan fingerprint density at radius 1 is 1.05 bits per heavy atom. The number of benzene rings is 1. The van der Waals surface area contributed by atoms with Crippen molar-refractivity contribution in [1.29, 1.82) is 0 Å². The van der Waals surface area contributed by atoms with E-state index in [1.807, 2.05) is 27.7 Å². The van der Waals surface area contributed by atoms with Crippen molar-refractivity contribution in [1.82, 2.24) is 4.90 Å². The molecule has 0 aliphatic rings. The summed E-state index contributed by atoms with van der Waals surface area (Å²) in [5, 5.41) is 10.5. The van der Waals surface area contributed by atoms with Crippen LogP contribution in [0.4, 0.5) is 13.2 Å². The van der Waals surface area contributed by atoms with Crippen molar-refractivity contribution >= 4 is 0 Å². The van der Waals surface area contributed by atoms with Gasteiger partial charge in [-0.25, -0.2) is 0 Å². The van der Waals surface area contributed by atoms with Crippen molar-refractivity contribution < 1.29 is 18.3 Å². The zero-order valence-corrected chi connectivity index (χ0v) is 12.3. The maximum absolute atomic E-state index is 12.5. The summed E-state index contributed by atoms with van der Waals surface area (Å²) in [6.07, 6.45) is -5.19. The number of halogens is 3. The first-order valence-electron chi connectivity index (χ1n) is 6.74. The lowest BCUT2D eigenvalue weighted by molar-refractivity contribution is -0.137. The van der Waals surface area contributed by atoms with Crippen LogP contribution in [0.2, 0.25) is 0 Å². The van der Waals surface area contributed by atoms with Gasteiger partial charge in [0.25, 0.3) is 0 Å². The van der Waals surface area contributed by atoms with Crippen LogP contribution in [0.5, 0.6) is 0 Å². The van der Waals surface area contributed by atoms with Gasteiger partial charge >= 0.3 is 6.18 Å². The highest BCUT2D eigenvalue weighted by molar-refractivity contribution is 5.27. The molecule has 1 atom stereocenters. The second kappa shape index (κ2) is 6.14. The van der Waals surface area contributed by atoms with Gasteiger partial charge in [-0.3, -0.25) is 4.90 Å². The lowest BCUT2D eigenvalue weighted by Crippen LogP contribution is -2.48. The predicted octanol–water partition coefficient (Wildman–Crippen LogP) is 3.86. The van der Waals surface area contributed by atoms with Crippen LogP contribution in [0.25, 0.3) is 0 Å². The minimum Gasteiger partial charge on any atom is -0.386 e. The molecule has 1 unspecified atom stereocenters. The van der Waals surface area contributed by atoms with E-state index in [1.165, 1.54) is 12.1 Å². The summed E-state index contributed by atoms with van der Waals surface area (Å²) in [6.45, 7) is 9.29. The zero-order chi connectivity index (χ0) is 15.6. The highest BCUT2D eigenvalue weighted by Crippen LogP contribution is 2.34. The first-order valence-corrected chi connectivity index (χ1v) is 6.74. The lowest BCUT2D eigenvalue weighted by atomic mass is 9.89. The van der Waals surface area contributed by atoms with E-state index in [0.29, 0.717) is 5.56 Å². The molecule has 20 heavy (non-hydrogen) atoms. The summed E-state index contributed by atoms with van der Waals surface area (Å²) in [6, 6.07) is 4.71. The smallest absolute Gasteiger partial charge is 0.386 e. The van der Waals surface area contributed by atoms with Crippen LogP contribution in [0, 0.1) is 0 Å². The topological polar surface area (TPSA) is 23.5 Å². The number of nitrogens with zero attached hydrogens (tertiary/aromatic N) is 1. The minimum absolute atomic E-state index is 0.495. The molecule has 0 amide bonds. The Kier molecular flexibility index (Phi) is 5.21. The number of aliphatic hydroxyl groups is 1. The maximum Gasteiger partial charge on any atom is 0.416 e. The molecule has 0 aliphatic carbocycles. The summed E-state index contributed by atoms with van der Waals surface area (Å²) >= 11 is 0. The van der Waals surface area contributed by atoms with Crippen molar-refractivity contribution in [3.05, 3.63) is 35.4 Å². The molecular formula is C15H22F3NO. The first kappa shape index (κ1) is 17.0. The zero-order valence-electron chi connectivity index (χ0n) is 12.3. The molecule has 1 N–H and O–H groups in total. The van der Waals surface area contributed by atoms with E-state index in [2.05, 4.69) is 4.90 Å². The molecule has 0 aliphatic heterocycles. The average molecular weight is 289 g/mol. The molecule has 0 saturated heterocycles. The third kappa shape index (κ3) is 3.52. The molecule has 0 aromatic heterocycles. The van der Waals surface area contributed by atoms with Crippen LogP contribution in [0.15, 0.2) is 24.3 Å². The largest absolute Gasteiger partial charge is 0.416 e. The Morgan fingerprint density at radius 3 is 1.85 bits per heavy atom. The second-order valence-corrected chi connectivity index (χ2v) is 5.35.